The zero-order chi connectivity index (χ0) is 12.1. The number of nitrogens with one attached hydrogen (secondary N) is 1. The quantitative estimate of drug-likeness (QED) is 0.880. The zero-order valence-corrected chi connectivity index (χ0v) is 10.2. The number of carbonyl (C=O) groups excluding carboxylic acids is 2. The lowest BCUT2D eigenvalue weighted by Crippen LogP contribution is -2.38. The molecule has 0 unspecified atom stereocenters. The third kappa shape index (κ3) is 3.90. The van der Waals surface area contributed by atoms with Crippen LogP contribution in [0.25, 0.3) is 0 Å². The smallest absolute Gasteiger partial charge is 0.318 e. The van der Waals surface area contributed by atoms with Crippen LogP contribution < -0.4 is 15.8 Å². The molecule has 3 N–H and O–H groups in total. The van der Waals surface area contributed by atoms with Crippen LogP contribution >= 0.6 is 15.9 Å². The Bertz CT molecular complexity index is 421. The molecule has 1 aromatic rings. The Balaban J connectivity index is 2.54. The first-order chi connectivity index (χ1) is 7.49. The molecule has 0 radical (unpaired) electrons. The maximum absolute atomic E-state index is 11.1. The summed E-state index contributed by atoms with van der Waals surface area (Å²) in [6.45, 7) is 1.68. The topological polar surface area (TPSA) is 81.4 Å². The molecule has 0 aliphatic carbocycles. The molecule has 0 aliphatic heterocycles. The standard InChI is InChI=1S/C10H11BrN2O3/c1-6-2-3-8(7(11)4-6)16-5-9(14)13-10(12)15/h2-4H,5H2,1H3,(H3,12,13,14,15). The number of benzene rings is 1. The molecule has 0 aliphatic rings. The largest absolute Gasteiger partial charge is 0.483 e. The summed E-state index contributed by atoms with van der Waals surface area (Å²) in [6.07, 6.45) is 0. The number of ether oxygens (including phenoxy) is 1. The molecular formula is C10H11BrN2O3. The van der Waals surface area contributed by atoms with E-state index in [1.54, 1.807) is 6.07 Å². The number of carbonyl (C=O) groups is 2. The van der Waals surface area contributed by atoms with Gasteiger partial charge < -0.3 is 10.5 Å². The van der Waals surface area contributed by atoms with Crippen molar-refractivity contribution in [1.29, 1.82) is 0 Å². The van der Waals surface area contributed by atoms with E-state index in [9.17, 15) is 9.59 Å². The fourth-order valence-corrected chi connectivity index (χ4v) is 1.65. The number of aryl methyl sites for hydroxylation is 1. The van der Waals surface area contributed by atoms with Crippen LogP contribution in [0, 0.1) is 6.92 Å². The van der Waals surface area contributed by atoms with Gasteiger partial charge in [-0.15, -0.1) is 0 Å². The van der Waals surface area contributed by atoms with Crippen molar-refractivity contribution < 1.29 is 14.3 Å². The van der Waals surface area contributed by atoms with Gasteiger partial charge in [0, 0.05) is 0 Å². The average molecular weight is 287 g/mol. The molecule has 0 aromatic heterocycles. The molecule has 0 bridgehead atoms. The molecule has 0 saturated heterocycles. The number of urea groups is 1. The fraction of sp³-hybridized carbons (Fsp3) is 0.200. The summed E-state index contributed by atoms with van der Waals surface area (Å²) < 4.78 is 5.94. The maximum Gasteiger partial charge on any atom is 0.318 e. The van der Waals surface area contributed by atoms with Crippen LogP contribution in [-0.4, -0.2) is 18.5 Å². The summed E-state index contributed by atoms with van der Waals surface area (Å²) in [4.78, 5) is 21.4. The highest BCUT2D eigenvalue weighted by molar-refractivity contribution is 9.10. The third-order valence-electron chi connectivity index (χ3n) is 1.71. The lowest BCUT2D eigenvalue weighted by atomic mass is 10.2. The van der Waals surface area contributed by atoms with Crippen LogP contribution in [0.2, 0.25) is 0 Å². The molecular weight excluding hydrogens is 276 g/mol. The number of rotatable bonds is 3. The molecule has 16 heavy (non-hydrogen) atoms. The van der Waals surface area contributed by atoms with Gasteiger partial charge in [-0.05, 0) is 40.5 Å². The Morgan fingerprint density at radius 3 is 2.75 bits per heavy atom. The van der Waals surface area contributed by atoms with Crippen molar-refractivity contribution in [2.45, 2.75) is 6.92 Å². The second-order valence-electron chi connectivity index (χ2n) is 3.13. The second kappa shape index (κ2) is 5.50. The van der Waals surface area contributed by atoms with E-state index in [-0.39, 0.29) is 6.61 Å². The van der Waals surface area contributed by atoms with Gasteiger partial charge >= 0.3 is 6.03 Å². The van der Waals surface area contributed by atoms with Crippen LogP contribution in [0.4, 0.5) is 4.79 Å². The van der Waals surface area contributed by atoms with Gasteiger partial charge in [-0.3, -0.25) is 10.1 Å². The number of imide groups is 1. The van der Waals surface area contributed by atoms with Gasteiger partial charge in [0.15, 0.2) is 6.61 Å². The number of hydrogen-bond acceptors (Lipinski definition) is 3. The van der Waals surface area contributed by atoms with Gasteiger partial charge in [-0.25, -0.2) is 4.79 Å². The number of amides is 3. The van der Waals surface area contributed by atoms with Gasteiger partial charge in [0.2, 0.25) is 0 Å². The normalized spacial score (nSPS) is 9.62. The van der Waals surface area contributed by atoms with Gasteiger partial charge in [0.25, 0.3) is 5.91 Å². The van der Waals surface area contributed by atoms with E-state index in [4.69, 9.17) is 10.5 Å². The van der Waals surface area contributed by atoms with Crippen LogP contribution in [0.3, 0.4) is 0 Å². The van der Waals surface area contributed by atoms with Crippen molar-refractivity contribution in [3.05, 3.63) is 28.2 Å². The molecule has 0 heterocycles. The van der Waals surface area contributed by atoms with Crippen molar-refractivity contribution in [2.24, 2.45) is 5.73 Å². The van der Waals surface area contributed by atoms with Crippen molar-refractivity contribution in [2.75, 3.05) is 6.61 Å². The Hall–Kier alpha value is -1.56. The van der Waals surface area contributed by atoms with Crippen molar-refractivity contribution >= 4 is 27.9 Å². The Labute approximate surface area is 101 Å². The number of primary amides is 1. The van der Waals surface area contributed by atoms with Crippen molar-refractivity contribution in [1.82, 2.24) is 5.32 Å². The van der Waals surface area contributed by atoms with E-state index >= 15 is 0 Å². The van der Waals surface area contributed by atoms with Gasteiger partial charge in [0.1, 0.15) is 5.75 Å². The van der Waals surface area contributed by atoms with Crippen LogP contribution in [0.5, 0.6) is 5.75 Å². The minimum Gasteiger partial charge on any atom is -0.483 e. The molecule has 6 heteroatoms. The zero-order valence-electron chi connectivity index (χ0n) is 8.62. The summed E-state index contributed by atoms with van der Waals surface area (Å²) in [6, 6.07) is 4.56. The van der Waals surface area contributed by atoms with E-state index < -0.39 is 11.9 Å². The minimum atomic E-state index is -0.892. The summed E-state index contributed by atoms with van der Waals surface area (Å²) in [5.41, 5.74) is 5.85. The fourth-order valence-electron chi connectivity index (χ4n) is 1.04. The van der Waals surface area contributed by atoms with E-state index in [0.717, 1.165) is 10.0 Å². The van der Waals surface area contributed by atoms with Gasteiger partial charge in [-0.1, -0.05) is 6.07 Å². The molecule has 0 spiro atoms. The Morgan fingerprint density at radius 2 is 2.19 bits per heavy atom. The first-order valence-corrected chi connectivity index (χ1v) is 5.26. The third-order valence-corrected chi connectivity index (χ3v) is 2.33. The summed E-state index contributed by atoms with van der Waals surface area (Å²) in [7, 11) is 0. The number of halogens is 1. The highest BCUT2D eigenvalue weighted by Gasteiger charge is 2.07. The molecule has 86 valence electrons. The van der Waals surface area contributed by atoms with E-state index in [1.807, 2.05) is 24.4 Å². The average Bonchev–Trinajstić information content (AvgIpc) is 2.15. The molecule has 1 aromatic carbocycles. The monoisotopic (exact) mass is 286 g/mol. The van der Waals surface area contributed by atoms with E-state index in [0.29, 0.717) is 5.75 Å². The van der Waals surface area contributed by atoms with E-state index in [1.165, 1.54) is 0 Å². The van der Waals surface area contributed by atoms with Crippen LogP contribution in [0.1, 0.15) is 5.56 Å². The Kier molecular flexibility index (Phi) is 4.30. The Morgan fingerprint density at radius 1 is 1.50 bits per heavy atom. The van der Waals surface area contributed by atoms with Crippen LogP contribution in [0.15, 0.2) is 22.7 Å². The molecule has 0 atom stereocenters. The molecule has 5 nitrogen and oxygen atoms in total. The molecule has 3 amide bonds. The van der Waals surface area contributed by atoms with Gasteiger partial charge in [-0.2, -0.15) is 0 Å². The predicted octanol–water partition coefficient (Wildman–Crippen LogP) is 1.33. The van der Waals surface area contributed by atoms with Crippen LogP contribution in [-0.2, 0) is 4.79 Å². The minimum absolute atomic E-state index is 0.259. The lowest BCUT2D eigenvalue weighted by Gasteiger charge is -2.07. The predicted molar refractivity (Wildman–Crippen MR) is 62.1 cm³/mol. The molecule has 0 saturated carbocycles. The van der Waals surface area contributed by atoms with Gasteiger partial charge in [0.05, 0.1) is 4.47 Å². The summed E-state index contributed by atoms with van der Waals surface area (Å²) in [5.74, 6) is -0.0507. The van der Waals surface area contributed by atoms with Crippen molar-refractivity contribution in [3.8, 4) is 5.75 Å². The molecule has 0 fully saturated rings. The van der Waals surface area contributed by atoms with E-state index in [2.05, 4.69) is 15.9 Å². The van der Waals surface area contributed by atoms with Crippen molar-refractivity contribution in [3.63, 3.8) is 0 Å². The lowest BCUT2D eigenvalue weighted by molar-refractivity contribution is -0.121. The number of nitrogens with two attached hydrogens (primary N) is 1. The number of hydrogen-bond donors (Lipinski definition) is 2. The molecule has 1 rings (SSSR count). The maximum atomic E-state index is 11.1. The summed E-state index contributed by atoms with van der Waals surface area (Å²) >= 11 is 3.30. The SMILES string of the molecule is Cc1ccc(OCC(=O)NC(N)=O)c(Br)c1. The highest BCUT2D eigenvalue weighted by atomic mass is 79.9. The first-order valence-electron chi connectivity index (χ1n) is 4.47. The second-order valence-corrected chi connectivity index (χ2v) is 3.99. The highest BCUT2D eigenvalue weighted by Crippen LogP contribution is 2.25. The first kappa shape index (κ1) is 12.5. The summed E-state index contributed by atoms with van der Waals surface area (Å²) in [5, 5.41) is 1.90.